The van der Waals surface area contributed by atoms with Crippen molar-refractivity contribution in [2.45, 2.75) is 19.4 Å². The van der Waals surface area contributed by atoms with Gasteiger partial charge in [-0.15, -0.1) is 0 Å². The highest BCUT2D eigenvalue weighted by Crippen LogP contribution is 2.22. The fourth-order valence-electron chi connectivity index (χ4n) is 2.52. The van der Waals surface area contributed by atoms with Crippen LogP contribution in [0.4, 0.5) is 0 Å². The van der Waals surface area contributed by atoms with Gasteiger partial charge < -0.3 is 15.3 Å². The maximum Gasteiger partial charge on any atom is 0.123 e. The second-order valence-electron chi connectivity index (χ2n) is 4.89. The molecule has 5 heteroatoms. The summed E-state index contributed by atoms with van der Waals surface area (Å²) in [7, 11) is 1.98. The zero-order chi connectivity index (χ0) is 14.1. The summed E-state index contributed by atoms with van der Waals surface area (Å²) in [5.74, 6) is 0.908. The second kappa shape index (κ2) is 5.42. The lowest BCUT2D eigenvalue weighted by Crippen LogP contribution is -2.04. The van der Waals surface area contributed by atoms with Gasteiger partial charge in [0, 0.05) is 24.1 Å². The topological polar surface area (TPSA) is 59.6 Å². The average molecular weight is 333 g/mol. The van der Waals surface area contributed by atoms with E-state index < -0.39 is 0 Å². The summed E-state index contributed by atoms with van der Waals surface area (Å²) in [6.07, 6.45) is 3.95. The Hall–Kier alpha value is -1.59. The van der Waals surface area contributed by atoms with Gasteiger partial charge in [0.25, 0.3) is 0 Å². The number of fused-ring (bicyclic) bond motifs is 1. The number of para-hydroxylation sites is 1. The lowest BCUT2D eigenvalue weighted by Gasteiger charge is -1.99. The Balaban J connectivity index is 1.83. The molecular formula is C15H17BrN4. The number of aromatic nitrogens is 3. The zero-order valence-electron chi connectivity index (χ0n) is 11.4. The third kappa shape index (κ3) is 2.27. The summed E-state index contributed by atoms with van der Waals surface area (Å²) in [5, 5.41) is 1.29. The number of hydrogen-bond acceptors (Lipinski definition) is 2. The van der Waals surface area contributed by atoms with Crippen LogP contribution in [0.15, 0.2) is 35.1 Å². The van der Waals surface area contributed by atoms with Crippen molar-refractivity contribution >= 4 is 26.8 Å². The van der Waals surface area contributed by atoms with Crippen molar-refractivity contribution in [1.82, 2.24) is 14.5 Å². The van der Waals surface area contributed by atoms with Crippen molar-refractivity contribution in [3.8, 4) is 0 Å². The predicted octanol–water partition coefficient (Wildman–Crippen LogP) is 2.91. The van der Waals surface area contributed by atoms with Crippen LogP contribution >= 0.6 is 15.9 Å². The van der Waals surface area contributed by atoms with Gasteiger partial charge in [-0.1, -0.05) is 18.2 Å². The third-order valence-corrected chi connectivity index (χ3v) is 4.66. The number of rotatable bonds is 4. The summed E-state index contributed by atoms with van der Waals surface area (Å²) in [5.41, 5.74) is 9.27. The molecule has 4 nitrogen and oxygen atoms in total. The van der Waals surface area contributed by atoms with E-state index in [2.05, 4.69) is 50.3 Å². The first-order chi connectivity index (χ1) is 9.70. The minimum Gasteiger partial charge on any atom is -0.361 e. The Labute approximate surface area is 126 Å². The van der Waals surface area contributed by atoms with Crippen molar-refractivity contribution in [2.75, 3.05) is 0 Å². The Morgan fingerprint density at radius 2 is 2.10 bits per heavy atom. The van der Waals surface area contributed by atoms with E-state index >= 15 is 0 Å². The van der Waals surface area contributed by atoms with E-state index in [-0.39, 0.29) is 0 Å². The average Bonchev–Trinajstić information content (AvgIpc) is 3.00. The molecule has 3 aromatic rings. The van der Waals surface area contributed by atoms with E-state index in [1.807, 2.05) is 17.7 Å². The maximum atomic E-state index is 5.69. The number of nitrogens with two attached hydrogens (primary N) is 1. The van der Waals surface area contributed by atoms with Gasteiger partial charge in [0.15, 0.2) is 0 Å². The molecule has 0 aliphatic heterocycles. The summed E-state index contributed by atoms with van der Waals surface area (Å²) >= 11 is 3.59. The minimum atomic E-state index is 0.461. The lowest BCUT2D eigenvalue weighted by molar-refractivity contribution is 0.781. The molecule has 20 heavy (non-hydrogen) atoms. The molecule has 0 bridgehead atoms. The molecule has 104 valence electrons. The number of imidazole rings is 1. The molecule has 0 amide bonds. The van der Waals surface area contributed by atoms with Gasteiger partial charge in [-0.25, -0.2) is 4.98 Å². The fourth-order valence-corrected chi connectivity index (χ4v) is 3.01. The summed E-state index contributed by atoms with van der Waals surface area (Å²) < 4.78 is 3.03. The number of aryl methyl sites for hydroxylation is 2. The van der Waals surface area contributed by atoms with Gasteiger partial charge in [0.2, 0.25) is 0 Å². The molecule has 2 heterocycles. The van der Waals surface area contributed by atoms with Crippen LogP contribution in [0.25, 0.3) is 10.9 Å². The quantitative estimate of drug-likeness (QED) is 0.771. The number of benzene rings is 1. The first-order valence-corrected chi connectivity index (χ1v) is 7.45. The van der Waals surface area contributed by atoms with E-state index in [1.165, 1.54) is 16.5 Å². The highest BCUT2D eigenvalue weighted by atomic mass is 79.9. The Morgan fingerprint density at radius 3 is 2.85 bits per heavy atom. The van der Waals surface area contributed by atoms with E-state index in [1.54, 1.807) is 0 Å². The molecule has 0 fully saturated rings. The van der Waals surface area contributed by atoms with E-state index in [4.69, 9.17) is 5.73 Å². The number of H-pyrrole nitrogens is 1. The van der Waals surface area contributed by atoms with E-state index in [0.29, 0.717) is 6.54 Å². The highest BCUT2D eigenvalue weighted by Gasteiger charge is 2.12. The van der Waals surface area contributed by atoms with Gasteiger partial charge in [0.05, 0.1) is 12.2 Å². The van der Waals surface area contributed by atoms with Crippen LogP contribution in [-0.2, 0) is 26.4 Å². The molecule has 0 aliphatic rings. The molecule has 0 aliphatic carbocycles. The highest BCUT2D eigenvalue weighted by molar-refractivity contribution is 9.10. The van der Waals surface area contributed by atoms with Gasteiger partial charge in [-0.05, 0) is 40.4 Å². The SMILES string of the molecule is Cn1c(CN)nc(CCc2c[nH]c3ccccc23)c1Br. The Kier molecular flexibility index (Phi) is 3.63. The molecule has 0 spiro atoms. The smallest absolute Gasteiger partial charge is 0.123 e. The number of nitrogens with one attached hydrogen (secondary N) is 1. The molecule has 0 atom stereocenters. The van der Waals surface area contributed by atoms with Gasteiger partial charge in [0.1, 0.15) is 10.4 Å². The minimum absolute atomic E-state index is 0.461. The van der Waals surface area contributed by atoms with E-state index in [9.17, 15) is 0 Å². The number of hydrogen-bond donors (Lipinski definition) is 2. The molecule has 3 rings (SSSR count). The van der Waals surface area contributed by atoms with Crippen molar-refractivity contribution in [3.63, 3.8) is 0 Å². The largest absolute Gasteiger partial charge is 0.361 e. The second-order valence-corrected chi connectivity index (χ2v) is 5.64. The molecular weight excluding hydrogens is 316 g/mol. The predicted molar refractivity (Wildman–Crippen MR) is 84.5 cm³/mol. The van der Waals surface area contributed by atoms with Gasteiger partial charge in [-0.2, -0.15) is 0 Å². The third-order valence-electron chi connectivity index (χ3n) is 3.67. The molecule has 2 aromatic heterocycles. The van der Waals surface area contributed by atoms with Gasteiger partial charge >= 0.3 is 0 Å². The first kappa shape index (κ1) is 13.4. The molecule has 3 N–H and O–H groups in total. The molecule has 1 aromatic carbocycles. The zero-order valence-corrected chi connectivity index (χ0v) is 12.9. The summed E-state index contributed by atoms with van der Waals surface area (Å²) in [6, 6.07) is 8.37. The van der Waals surface area contributed by atoms with Crippen molar-refractivity contribution in [2.24, 2.45) is 12.8 Å². The monoisotopic (exact) mass is 332 g/mol. The number of nitrogens with zero attached hydrogens (tertiary/aromatic N) is 2. The van der Waals surface area contributed by atoms with Crippen LogP contribution in [0, 0.1) is 0 Å². The van der Waals surface area contributed by atoms with Crippen LogP contribution in [0.1, 0.15) is 17.1 Å². The van der Waals surface area contributed by atoms with Gasteiger partial charge in [-0.3, -0.25) is 0 Å². The molecule has 0 saturated heterocycles. The van der Waals surface area contributed by atoms with Crippen LogP contribution in [0.5, 0.6) is 0 Å². The molecule has 0 unspecified atom stereocenters. The van der Waals surface area contributed by atoms with Crippen molar-refractivity contribution < 1.29 is 0 Å². The Morgan fingerprint density at radius 1 is 1.30 bits per heavy atom. The molecule has 0 saturated carbocycles. The van der Waals surface area contributed by atoms with Crippen LogP contribution < -0.4 is 5.73 Å². The normalized spacial score (nSPS) is 11.3. The van der Waals surface area contributed by atoms with E-state index in [0.717, 1.165) is 29.0 Å². The fraction of sp³-hybridized carbons (Fsp3) is 0.267. The lowest BCUT2D eigenvalue weighted by atomic mass is 10.1. The summed E-state index contributed by atoms with van der Waals surface area (Å²) in [6.45, 7) is 0.461. The standard InChI is InChI=1S/C15H17BrN4/c1-20-14(8-17)19-13(15(20)16)7-6-10-9-18-12-5-3-2-4-11(10)12/h2-5,9,18H,6-8,17H2,1H3. The van der Waals surface area contributed by atoms with Crippen LogP contribution in [-0.4, -0.2) is 14.5 Å². The van der Waals surface area contributed by atoms with Crippen molar-refractivity contribution in [1.29, 1.82) is 0 Å². The summed E-state index contributed by atoms with van der Waals surface area (Å²) in [4.78, 5) is 7.90. The maximum absolute atomic E-state index is 5.69. The Bertz CT molecular complexity index is 741. The number of aromatic amines is 1. The number of halogens is 1. The first-order valence-electron chi connectivity index (χ1n) is 6.65. The van der Waals surface area contributed by atoms with Crippen LogP contribution in [0.3, 0.4) is 0 Å². The van der Waals surface area contributed by atoms with Crippen molar-refractivity contribution in [3.05, 3.63) is 52.1 Å². The van der Waals surface area contributed by atoms with Crippen LogP contribution in [0.2, 0.25) is 0 Å². The molecule has 0 radical (unpaired) electrons.